The third kappa shape index (κ3) is 7.65. The summed E-state index contributed by atoms with van der Waals surface area (Å²) in [4.78, 5) is 49.9. The molecule has 0 spiro atoms. The zero-order valence-corrected chi connectivity index (χ0v) is 21.9. The first-order valence-corrected chi connectivity index (χ1v) is 12.0. The number of hydrogen-bond acceptors (Lipinski definition) is 8. The van der Waals surface area contributed by atoms with Crippen LogP contribution in [0.1, 0.15) is 44.9 Å². The van der Waals surface area contributed by atoms with E-state index in [1.807, 2.05) is 0 Å². The molecule has 0 saturated heterocycles. The number of ether oxygens (including phenoxy) is 3. The van der Waals surface area contributed by atoms with E-state index in [9.17, 15) is 24.5 Å². The van der Waals surface area contributed by atoms with Crippen LogP contribution in [0.25, 0.3) is 0 Å². The van der Waals surface area contributed by atoms with Gasteiger partial charge < -0.3 is 30.2 Å². The number of hydrogen-bond donors (Lipinski definition) is 3. The molecule has 204 valence electrons. The van der Waals surface area contributed by atoms with Crippen molar-refractivity contribution in [2.75, 3.05) is 13.7 Å². The lowest BCUT2D eigenvalue weighted by Crippen LogP contribution is -2.54. The lowest BCUT2D eigenvalue weighted by molar-refractivity contribution is -0.385. The molecule has 38 heavy (non-hydrogen) atoms. The number of benzene rings is 2. The number of methoxy groups -OCH3 is 1. The van der Waals surface area contributed by atoms with E-state index in [4.69, 9.17) is 14.2 Å². The van der Waals surface area contributed by atoms with Crippen LogP contribution in [-0.4, -0.2) is 54.2 Å². The second-order valence-corrected chi connectivity index (χ2v) is 9.88. The van der Waals surface area contributed by atoms with Crippen molar-refractivity contribution in [2.45, 2.75) is 57.8 Å². The molecule has 0 saturated carbocycles. The number of alkyl carbamates (subject to hydrolysis) is 1. The number of rotatable bonds is 4. The maximum absolute atomic E-state index is 13.2. The lowest BCUT2D eigenvalue weighted by Gasteiger charge is -2.26. The summed E-state index contributed by atoms with van der Waals surface area (Å²) in [5.74, 6) is -0.829. The van der Waals surface area contributed by atoms with Crippen molar-refractivity contribution >= 4 is 23.6 Å². The fourth-order valence-corrected chi connectivity index (χ4v) is 3.80. The minimum absolute atomic E-state index is 0.00922. The maximum Gasteiger partial charge on any atom is 0.408 e. The average molecular weight is 529 g/mol. The van der Waals surface area contributed by atoms with Gasteiger partial charge in [0.25, 0.3) is 0 Å². The third-order valence-corrected chi connectivity index (χ3v) is 5.56. The predicted octanol–water partition coefficient (Wildman–Crippen LogP) is 3.14. The molecular formula is C26H32N4O8. The second kappa shape index (κ2) is 11.9. The Kier molecular flexibility index (Phi) is 8.89. The summed E-state index contributed by atoms with van der Waals surface area (Å²) >= 11 is 0. The van der Waals surface area contributed by atoms with E-state index in [0.29, 0.717) is 16.9 Å². The van der Waals surface area contributed by atoms with E-state index in [1.54, 1.807) is 51.1 Å². The number of fused-ring (bicyclic) bond motifs is 9. The lowest BCUT2D eigenvalue weighted by atomic mass is 10.0. The van der Waals surface area contributed by atoms with E-state index in [2.05, 4.69) is 16.0 Å². The van der Waals surface area contributed by atoms with E-state index in [-0.39, 0.29) is 24.5 Å². The Labute approximate surface area is 220 Å². The monoisotopic (exact) mass is 528 g/mol. The number of nitrogens with zero attached hydrogens (tertiary/aromatic N) is 1. The molecule has 0 unspecified atom stereocenters. The number of carbonyl (C=O) groups is 3. The summed E-state index contributed by atoms with van der Waals surface area (Å²) in [5.41, 5.74) is -0.118. The first-order valence-electron chi connectivity index (χ1n) is 12.0. The first-order chi connectivity index (χ1) is 17.9. The number of carbonyl (C=O) groups excluding carboxylic acids is 3. The molecule has 0 radical (unpaired) electrons. The number of nitro benzene ring substituents is 1. The van der Waals surface area contributed by atoms with Gasteiger partial charge in [0.2, 0.25) is 17.6 Å². The highest BCUT2D eigenvalue weighted by molar-refractivity contribution is 5.91. The average Bonchev–Trinajstić information content (AvgIpc) is 2.82. The van der Waals surface area contributed by atoms with Gasteiger partial charge in [-0.1, -0.05) is 18.2 Å². The van der Waals surface area contributed by atoms with Gasteiger partial charge in [0.15, 0.2) is 0 Å². The van der Waals surface area contributed by atoms with Gasteiger partial charge in [-0.25, -0.2) is 4.79 Å². The summed E-state index contributed by atoms with van der Waals surface area (Å²) < 4.78 is 16.4. The largest absolute Gasteiger partial charge is 0.450 e. The summed E-state index contributed by atoms with van der Waals surface area (Å²) in [6.45, 7) is 6.64. The van der Waals surface area contributed by atoms with Crippen molar-refractivity contribution in [2.24, 2.45) is 0 Å². The van der Waals surface area contributed by atoms with Crippen LogP contribution >= 0.6 is 0 Å². The van der Waals surface area contributed by atoms with Crippen LogP contribution in [0.2, 0.25) is 0 Å². The third-order valence-electron chi connectivity index (χ3n) is 5.56. The van der Waals surface area contributed by atoms with Gasteiger partial charge in [0.05, 0.1) is 17.6 Å². The molecule has 0 aliphatic carbocycles. The molecule has 12 heteroatoms. The minimum Gasteiger partial charge on any atom is -0.450 e. The zero-order chi connectivity index (χ0) is 28.0. The fourth-order valence-electron chi connectivity index (χ4n) is 3.80. The number of nitrogens with one attached hydrogen (secondary N) is 3. The molecule has 2 aromatic rings. The summed E-state index contributed by atoms with van der Waals surface area (Å²) in [6.07, 6.45) is -0.959. The van der Waals surface area contributed by atoms with Gasteiger partial charge in [-0.3, -0.25) is 19.7 Å². The Morgan fingerprint density at radius 2 is 1.89 bits per heavy atom. The van der Waals surface area contributed by atoms with Crippen LogP contribution in [0.4, 0.5) is 10.5 Å². The van der Waals surface area contributed by atoms with Crippen LogP contribution in [0.3, 0.4) is 0 Å². The molecule has 4 rings (SSSR count). The van der Waals surface area contributed by atoms with Gasteiger partial charge in [0, 0.05) is 19.6 Å². The molecule has 4 bridgehead atoms. The quantitative estimate of drug-likeness (QED) is 0.403. The van der Waals surface area contributed by atoms with Gasteiger partial charge in [-0.05, 0) is 57.0 Å². The van der Waals surface area contributed by atoms with E-state index < -0.39 is 46.6 Å². The number of nitro groups is 1. The van der Waals surface area contributed by atoms with Crippen LogP contribution < -0.4 is 20.7 Å². The van der Waals surface area contributed by atoms with Crippen LogP contribution in [-0.2, 0) is 25.5 Å². The fraction of sp³-hybridized carbons (Fsp3) is 0.423. The topological polar surface area (TPSA) is 158 Å². The standard InChI is InChI=1S/C26H32N4O8/c1-15-23(31)28-20(14-36-5)17-7-6-8-18(13-17)37-22-10-9-16(12-21(22)30(34)35)11-19(24(32)27-15)29-25(33)38-26(2,3)4/h6-10,12-13,15,19-20H,11,14H2,1-5H3,(H,27,32)(H,28,31)(H,29,33)/t15-,19+,20+/m1/s1. The molecule has 0 aromatic heterocycles. The molecule has 12 nitrogen and oxygen atoms in total. The summed E-state index contributed by atoms with van der Waals surface area (Å²) in [5, 5.41) is 19.8. The molecule has 2 aromatic carbocycles. The normalized spacial score (nSPS) is 20.1. The van der Waals surface area contributed by atoms with Crippen molar-refractivity contribution in [1.29, 1.82) is 0 Å². The highest BCUT2D eigenvalue weighted by atomic mass is 16.6. The highest BCUT2D eigenvalue weighted by Crippen LogP contribution is 2.33. The minimum atomic E-state index is -1.19. The SMILES string of the molecule is COC[C@@H]1NC(=O)[C@@H](C)NC(=O)[C@@H](NC(=O)OC(C)(C)C)Cc2ccc(c([N+](=O)[O-])c2)Oc2cccc1c2. The summed E-state index contributed by atoms with van der Waals surface area (Å²) in [6, 6.07) is 8.25. The van der Waals surface area contributed by atoms with Crippen molar-refractivity contribution < 1.29 is 33.5 Å². The molecular weight excluding hydrogens is 496 g/mol. The highest BCUT2D eigenvalue weighted by Gasteiger charge is 2.29. The molecule has 3 atom stereocenters. The maximum atomic E-state index is 13.2. The smallest absolute Gasteiger partial charge is 0.408 e. The Morgan fingerprint density at radius 1 is 1.16 bits per heavy atom. The van der Waals surface area contributed by atoms with E-state index in [1.165, 1.54) is 26.2 Å². The Balaban J connectivity index is 2.05. The molecule has 2 heterocycles. The molecule has 3 N–H and O–H groups in total. The number of amides is 3. The van der Waals surface area contributed by atoms with Crippen molar-refractivity contribution in [1.82, 2.24) is 16.0 Å². The predicted molar refractivity (Wildman–Crippen MR) is 137 cm³/mol. The first kappa shape index (κ1) is 28.4. The Hall–Kier alpha value is -4.19. The van der Waals surface area contributed by atoms with E-state index in [0.717, 1.165) is 0 Å². The molecule has 3 amide bonds. The Morgan fingerprint density at radius 3 is 2.55 bits per heavy atom. The van der Waals surface area contributed by atoms with Gasteiger partial charge in [0.1, 0.15) is 23.4 Å². The van der Waals surface area contributed by atoms with Gasteiger partial charge in [-0.2, -0.15) is 0 Å². The zero-order valence-electron chi connectivity index (χ0n) is 21.9. The van der Waals surface area contributed by atoms with Crippen LogP contribution in [0.15, 0.2) is 42.5 Å². The summed E-state index contributed by atoms with van der Waals surface area (Å²) in [7, 11) is 1.48. The van der Waals surface area contributed by atoms with Crippen molar-refractivity contribution in [3.63, 3.8) is 0 Å². The second-order valence-electron chi connectivity index (χ2n) is 9.88. The van der Waals surface area contributed by atoms with Crippen molar-refractivity contribution in [3.05, 3.63) is 63.7 Å². The molecule has 0 fully saturated rings. The molecule has 2 aliphatic heterocycles. The van der Waals surface area contributed by atoms with Crippen LogP contribution in [0.5, 0.6) is 11.5 Å². The van der Waals surface area contributed by atoms with E-state index >= 15 is 0 Å². The Bertz CT molecular complexity index is 1210. The molecule has 2 aliphatic rings. The van der Waals surface area contributed by atoms with Gasteiger partial charge >= 0.3 is 11.8 Å². The van der Waals surface area contributed by atoms with Gasteiger partial charge in [-0.15, -0.1) is 0 Å². The van der Waals surface area contributed by atoms with Crippen molar-refractivity contribution in [3.8, 4) is 11.5 Å². The van der Waals surface area contributed by atoms with Crippen LogP contribution in [0, 0.1) is 10.1 Å².